The zero-order valence-corrected chi connectivity index (χ0v) is 29.0. The molecule has 0 heterocycles. The molecule has 0 aromatic heterocycles. The number of hydrogen-bond donors (Lipinski definition) is 2. The molecule has 0 aliphatic heterocycles. The van der Waals surface area contributed by atoms with E-state index < -0.39 is 57.6 Å². The van der Waals surface area contributed by atoms with E-state index in [1.165, 1.54) is 37.5 Å². The van der Waals surface area contributed by atoms with Crippen molar-refractivity contribution in [1.82, 2.24) is 0 Å². The van der Waals surface area contributed by atoms with Gasteiger partial charge in [-0.05, 0) is 49.1 Å². The maximum Gasteiger partial charge on any atom is 0.306 e. The van der Waals surface area contributed by atoms with Crippen molar-refractivity contribution < 1.29 is 33.7 Å². The second-order valence-electron chi connectivity index (χ2n) is 15.2. The Morgan fingerprint density at radius 2 is 1.64 bits per heavy atom. The van der Waals surface area contributed by atoms with Crippen molar-refractivity contribution in [2.45, 2.75) is 123 Å². The minimum absolute atomic E-state index is 0.105. The average Bonchev–Trinajstić information content (AvgIpc) is 3.44. The number of ether oxygens (including phenoxy) is 1. The summed E-state index contributed by atoms with van der Waals surface area (Å²) in [5.74, 6) is -5.08. The Kier molecular flexibility index (Phi) is 9.94. The van der Waals surface area contributed by atoms with Gasteiger partial charge in [-0.25, -0.2) is 4.39 Å². The molecule has 6 nitrogen and oxygen atoms in total. The maximum absolute atomic E-state index is 14.4. The first-order valence-electron chi connectivity index (χ1n) is 17.8. The highest BCUT2D eigenvalue weighted by atomic mass is 19.1. The lowest BCUT2D eigenvalue weighted by atomic mass is 9.56. The first-order valence-corrected chi connectivity index (χ1v) is 17.8. The highest BCUT2D eigenvalue weighted by Crippen LogP contribution is 2.78. The van der Waals surface area contributed by atoms with Crippen LogP contribution in [0, 0.1) is 40.8 Å². The molecule has 1 aromatic carbocycles. The summed E-state index contributed by atoms with van der Waals surface area (Å²) in [6, 6.07) is 5.80. The molecule has 5 rings (SSSR count). The van der Waals surface area contributed by atoms with Crippen LogP contribution in [0.25, 0.3) is 6.08 Å². The summed E-state index contributed by atoms with van der Waals surface area (Å²) < 4.78 is 20.1. The summed E-state index contributed by atoms with van der Waals surface area (Å²) in [7, 11) is 0. The second-order valence-corrected chi connectivity index (χ2v) is 15.2. The van der Waals surface area contributed by atoms with Gasteiger partial charge in [-0.1, -0.05) is 109 Å². The number of rotatable bonds is 13. The average molecular weight is 649 g/mol. The summed E-state index contributed by atoms with van der Waals surface area (Å²) in [4.78, 5) is 41.6. The number of carbonyl (C=O) groups is 3. The van der Waals surface area contributed by atoms with Gasteiger partial charge in [-0.3, -0.25) is 14.4 Å². The van der Waals surface area contributed by atoms with E-state index in [2.05, 4.69) is 6.92 Å². The Balaban J connectivity index is 1.54. The largest absolute Gasteiger partial charge is 0.457 e. The normalized spacial score (nSPS) is 35.3. The number of unbranched alkanes of at least 4 members (excludes halogenated alkanes) is 6. The van der Waals surface area contributed by atoms with Gasteiger partial charge in [0, 0.05) is 41.9 Å². The number of ketones is 2. The quantitative estimate of drug-likeness (QED) is 0.0984. The van der Waals surface area contributed by atoms with Crippen molar-refractivity contribution in [3.8, 4) is 0 Å². The molecule has 0 saturated heterocycles. The molecule has 2 fully saturated rings. The molecule has 1 aromatic rings. The zero-order chi connectivity index (χ0) is 34.4. The van der Waals surface area contributed by atoms with Crippen LogP contribution in [0.1, 0.15) is 111 Å². The smallest absolute Gasteiger partial charge is 0.306 e. The molecule has 8 atom stereocenters. The van der Waals surface area contributed by atoms with E-state index >= 15 is 0 Å². The van der Waals surface area contributed by atoms with Crippen molar-refractivity contribution in [2.24, 2.45) is 35.0 Å². The van der Waals surface area contributed by atoms with Gasteiger partial charge in [-0.2, -0.15) is 0 Å². The maximum atomic E-state index is 14.4. The third kappa shape index (κ3) is 5.79. The summed E-state index contributed by atoms with van der Waals surface area (Å²) >= 11 is 0. The van der Waals surface area contributed by atoms with E-state index in [0.29, 0.717) is 24.0 Å². The van der Waals surface area contributed by atoms with Crippen LogP contribution < -0.4 is 0 Å². The van der Waals surface area contributed by atoms with E-state index in [-0.39, 0.29) is 30.4 Å². The number of Topliss-reactive ketones (excluding diaryl/α,β-unsaturated/α-hetero) is 1. The lowest BCUT2D eigenvalue weighted by molar-refractivity contribution is -0.203. The molecule has 0 unspecified atom stereocenters. The molecule has 0 radical (unpaired) electrons. The van der Waals surface area contributed by atoms with Crippen LogP contribution in [0.3, 0.4) is 0 Å². The molecule has 0 spiro atoms. The molecule has 4 aliphatic rings. The van der Waals surface area contributed by atoms with Crippen molar-refractivity contribution in [2.75, 3.05) is 0 Å². The van der Waals surface area contributed by atoms with Gasteiger partial charge in [0.1, 0.15) is 17.0 Å². The molecule has 2 saturated carbocycles. The fourth-order valence-electron chi connectivity index (χ4n) is 9.63. The van der Waals surface area contributed by atoms with E-state index in [4.69, 9.17) is 4.74 Å². The van der Waals surface area contributed by atoms with Crippen LogP contribution in [-0.2, 0) is 19.1 Å². The predicted octanol–water partition coefficient (Wildman–Crippen LogP) is 7.72. The molecule has 0 amide bonds. The second kappa shape index (κ2) is 13.2. The summed E-state index contributed by atoms with van der Waals surface area (Å²) in [5.41, 5.74) is -3.46. The molecule has 7 heteroatoms. The highest BCUT2D eigenvalue weighted by Gasteiger charge is 2.87. The van der Waals surface area contributed by atoms with Gasteiger partial charge in [0.05, 0.1) is 11.5 Å². The first-order chi connectivity index (χ1) is 22.2. The molecule has 256 valence electrons. The van der Waals surface area contributed by atoms with Gasteiger partial charge in [0.2, 0.25) is 0 Å². The summed E-state index contributed by atoms with van der Waals surface area (Å²) in [6.07, 6.45) is 15.1. The van der Waals surface area contributed by atoms with Crippen LogP contribution in [0.4, 0.5) is 4.39 Å². The van der Waals surface area contributed by atoms with Crippen LogP contribution in [0.2, 0.25) is 0 Å². The SMILES string of the molecule is CCCCCCCCCC(=O)O[C@@]12[C@H](C(=O)/C=C/c3ccc(F)cc3)[C@@H](C)[C@@]3(O)[C@@H](C=C(CC)C[C@]4(O)C(=O)C(C)=C[C@@H]34)[C@@H]1C2(C)C. The van der Waals surface area contributed by atoms with Gasteiger partial charge in [0.15, 0.2) is 11.6 Å². The van der Waals surface area contributed by atoms with Gasteiger partial charge >= 0.3 is 5.97 Å². The zero-order valence-electron chi connectivity index (χ0n) is 29.0. The van der Waals surface area contributed by atoms with E-state index in [1.54, 1.807) is 38.1 Å². The molecular weight excluding hydrogens is 595 g/mol. The third-order valence-electron chi connectivity index (χ3n) is 12.2. The monoisotopic (exact) mass is 648 g/mol. The Morgan fingerprint density at radius 1 is 1.00 bits per heavy atom. The predicted molar refractivity (Wildman–Crippen MR) is 180 cm³/mol. The minimum Gasteiger partial charge on any atom is -0.457 e. The lowest BCUT2D eigenvalue weighted by Gasteiger charge is -2.53. The van der Waals surface area contributed by atoms with Gasteiger partial charge in [-0.15, -0.1) is 0 Å². The molecule has 4 aliphatic carbocycles. The number of esters is 1. The fourth-order valence-corrected chi connectivity index (χ4v) is 9.63. The van der Waals surface area contributed by atoms with Crippen molar-refractivity contribution in [3.63, 3.8) is 0 Å². The molecule has 47 heavy (non-hydrogen) atoms. The number of benzene rings is 1. The van der Waals surface area contributed by atoms with Crippen LogP contribution >= 0.6 is 0 Å². The number of halogens is 1. The first kappa shape index (κ1) is 35.4. The van der Waals surface area contributed by atoms with E-state index in [9.17, 15) is 29.0 Å². The minimum atomic E-state index is -1.83. The Labute approximate surface area is 279 Å². The number of allylic oxidation sites excluding steroid dienone is 1. The Hall–Kier alpha value is -2.90. The van der Waals surface area contributed by atoms with E-state index in [0.717, 1.165) is 24.8 Å². The molecular formula is C40H53FO6. The summed E-state index contributed by atoms with van der Waals surface area (Å²) in [6.45, 7) is 11.6. The fraction of sp³-hybridized carbons (Fsp3) is 0.625. The standard InChI is InChI=1S/C40H53FO6/c1-7-9-10-11-12-13-14-15-33(43)47-40-34(31(42)21-18-28-16-19-29(41)20-17-28)26(4)39(46)30(35(40)37(40,5)6)23-27(8-2)24-38(45)32(39)22-25(3)36(38)44/h16-23,26,30,32,34-35,45-46H,7-15,24H2,1-6H3/b21-18+/t26-,30+,32-,34+,35-,38-,39-,40+/m1/s1. The van der Waals surface area contributed by atoms with E-state index in [1.807, 2.05) is 26.8 Å². The van der Waals surface area contributed by atoms with Crippen molar-refractivity contribution >= 4 is 23.6 Å². The van der Waals surface area contributed by atoms with Crippen LogP contribution in [-0.4, -0.2) is 44.6 Å². The topological polar surface area (TPSA) is 101 Å². The summed E-state index contributed by atoms with van der Waals surface area (Å²) in [5, 5.41) is 25.1. The third-order valence-corrected chi connectivity index (χ3v) is 12.2. The van der Waals surface area contributed by atoms with Crippen molar-refractivity contribution in [3.05, 3.63) is 65.0 Å². The number of aliphatic hydroxyl groups is 2. The molecule has 2 N–H and O–H groups in total. The Morgan fingerprint density at radius 3 is 2.28 bits per heavy atom. The molecule has 0 bridgehead atoms. The lowest BCUT2D eigenvalue weighted by Crippen LogP contribution is -2.65. The van der Waals surface area contributed by atoms with Crippen LogP contribution in [0.15, 0.2) is 53.6 Å². The highest BCUT2D eigenvalue weighted by molar-refractivity contribution is 6.05. The van der Waals surface area contributed by atoms with Crippen molar-refractivity contribution in [1.29, 1.82) is 0 Å². The Bertz CT molecular complexity index is 1470. The van der Waals surface area contributed by atoms with Crippen LogP contribution in [0.5, 0.6) is 0 Å². The van der Waals surface area contributed by atoms with Gasteiger partial charge in [0.25, 0.3) is 0 Å². The van der Waals surface area contributed by atoms with Gasteiger partial charge < -0.3 is 14.9 Å². The number of hydrogen-bond acceptors (Lipinski definition) is 6. The number of fused-ring (bicyclic) bond motifs is 5. The number of carbonyl (C=O) groups excluding carboxylic acids is 3.